The Morgan fingerprint density at radius 2 is 2.00 bits per heavy atom. The zero-order chi connectivity index (χ0) is 15.9. The number of fused-ring (bicyclic) bond motifs is 1. The van der Waals surface area contributed by atoms with E-state index in [1.165, 1.54) is 35.6 Å². The van der Waals surface area contributed by atoms with Crippen molar-refractivity contribution in [1.29, 1.82) is 0 Å². The highest BCUT2D eigenvalue weighted by Gasteiger charge is 2.14. The molecule has 0 aliphatic rings. The van der Waals surface area contributed by atoms with Gasteiger partial charge in [0, 0.05) is 22.6 Å². The van der Waals surface area contributed by atoms with Gasteiger partial charge in [-0.15, -0.1) is 5.10 Å². The molecule has 1 aromatic carbocycles. The number of amides is 1. The number of hydrogen-bond donors (Lipinski definition) is 1. The molecule has 0 saturated heterocycles. The Balaban J connectivity index is 1.81. The fourth-order valence-corrected chi connectivity index (χ4v) is 2.81. The fourth-order valence-electron chi connectivity index (χ4n) is 1.90. The number of benzene rings is 1. The lowest BCUT2D eigenvalue weighted by atomic mass is 10.2. The van der Waals surface area contributed by atoms with Crippen molar-refractivity contribution in [3.05, 3.63) is 50.5 Å². The van der Waals surface area contributed by atoms with Crippen LogP contribution in [0, 0.1) is 24.0 Å². The second-order valence-electron chi connectivity index (χ2n) is 4.63. The van der Waals surface area contributed by atoms with Crippen LogP contribution in [0.5, 0.6) is 0 Å². The summed E-state index contributed by atoms with van der Waals surface area (Å²) < 4.78 is 1.67. The third-order valence-electron chi connectivity index (χ3n) is 3.21. The number of hydrogen-bond acceptors (Lipinski definition) is 6. The molecule has 3 rings (SSSR count). The molecule has 0 unspecified atom stereocenters. The van der Waals surface area contributed by atoms with Gasteiger partial charge in [-0.1, -0.05) is 11.3 Å². The fraction of sp³-hybridized carbons (Fsp3) is 0.154. The average molecular weight is 317 g/mol. The molecule has 0 saturated carbocycles. The van der Waals surface area contributed by atoms with Gasteiger partial charge in [-0.2, -0.15) is 4.98 Å². The van der Waals surface area contributed by atoms with Gasteiger partial charge in [0.25, 0.3) is 17.5 Å². The largest absolute Gasteiger partial charge is 0.289 e. The predicted octanol–water partition coefficient (Wildman–Crippen LogP) is 2.57. The lowest BCUT2D eigenvalue weighted by molar-refractivity contribution is -0.384. The second-order valence-corrected chi connectivity index (χ2v) is 5.81. The first kappa shape index (κ1) is 14.1. The number of carbonyl (C=O) groups excluding carboxylic acids is 1. The zero-order valence-electron chi connectivity index (χ0n) is 11.7. The lowest BCUT2D eigenvalue weighted by Gasteiger charge is -2.00. The number of nitro groups is 1. The van der Waals surface area contributed by atoms with E-state index in [-0.39, 0.29) is 11.6 Å². The van der Waals surface area contributed by atoms with Crippen LogP contribution in [0.25, 0.3) is 4.96 Å². The SMILES string of the molecule is Cc1sc2nc(NC(=O)c3ccc([N+](=O)[O-])cc3)nn2c1C. The van der Waals surface area contributed by atoms with E-state index in [0.29, 0.717) is 10.5 Å². The van der Waals surface area contributed by atoms with E-state index >= 15 is 0 Å². The van der Waals surface area contributed by atoms with Crippen molar-refractivity contribution in [2.24, 2.45) is 0 Å². The molecule has 0 bridgehead atoms. The number of thiazole rings is 1. The first-order valence-corrected chi connectivity index (χ1v) is 7.16. The highest BCUT2D eigenvalue weighted by atomic mass is 32.1. The van der Waals surface area contributed by atoms with Crippen LogP contribution in [0.4, 0.5) is 11.6 Å². The van der Waals surface area contributed by atoms with Gasteiger partial charge in [0.05, 0.1) is 10.6 Å². The third-order valence-corrected chi connectivity index (χ3v) is 4.26. The number of aryl methyl sites for hydroxylation is 2. The number of rotatable bonds is 3. The Kier molecular flexibility index (Phi) is 3.33. The van der Waals surface area contributed by atoms with Gasteiger partial charge in [-0.25, -0.2) is 4.52 Å². The Hall–Kier alpha value is -2.81. The molecular weight excluding hydrogens is 306 g/mol. The molecule has 1 N–H and O–H groups in total. The number of anilines is 1. The Bertz CT molecular complexity index is 881. The van der Waals surface area contributed by atoms with Crippen molar-refractivity contribution in [2.45, 2.75) is 13.8 Å². The van der Waals surface area contributed by atoms with Crippen molar-refractivity contribution in [3.8, 4) is 0 Å². The molecule has 0 spiro atoms. The van der Waals surface area contributed by atoms with Gasteiger partial charge in [0.15, 0.2) is 0 Å². The minimum absolute atomic E-state index is 0.0664. The maximum Gasteiger partial charge on any atom is 0.269 e. The summed E-state index contributed by atoms with van der Waals surface area (Å²) in [6.07, 6.45) is 0. The summed E-state index contributed by atoms with van der Waals surface area (Å²) >= 11 is 1.49. The van der Waals surface area contributed by atoms with Gasteiger partial charge in [-0.3, -0.25) is 20.2 Å². The summed E-state index contributed by atoms with van der Waals surface area (Å²) in [4.78, 5) is 28.2. The predicted molar refractivity (Wildman–Crippen MR) is 81.4 cm³/mol. The van der Waals surface area contributed by atoms with Gasteiger partial charge in [0.1, 0.15) is 0 Å². The minimum atomic E-state index is -0.516. The molecule has 0 atom stereocenters. The topological polar surface area (TPSA) is 102 Å². The number of aromatic nitrogens is 3. The Morgan fingerprint density at radius 3 is 2.59 bits per heavy atom. The second kappa shape index (κ2) is 5.19. The van der Waals surface area contributed by atoms with Crippen LogP contribution in [-0.2, 0) is 0 Å². The van der Waals surface area contributed by atoms with E-state index in [2.05, 4.69) is 15.4 Å². The number of non-ortho nitro benzene ring substituents is 1. The summed E-state index contributed by atoms with van der Waals surface area (Å²) in [6, 6.07) is 5.34. The molecular formula is C13H11N5O3S. The number of nitrogens with zero attached hydrogens (tertiary/aromatic N) is 4. The third kappa shape index (κ3) is 2.42. The normalized spacial score (nSPS) is 10.8. The average Bonchev–Trinajstić information content (AvgIpc) is 2.99. The highest BCUT2D eigenvalue weighted by Crippen LogP contribution is 2.21. The van der Waals surface area contributed by atoms with Gasteiger partial charge in [-0.05, 0) is 26.0 Å². The van der Waals surface area contributed by atoms with E-state index < -0.39 is 10.8 Å². The molecule has 0 aliphatic heterocycles. The standard InChI is InChI=1S/C13H11N5O3S/c1-7-8(2)22-13-15-12(16-17(7)13)14-11(19)9-3-5-10(6-4-9)18(20)21/h3-6H,1-2H3,(H,14,16,19). The monoisotopic (exact) mass is 317 g/mol. The van der Waals surface area contributed by atoms with Crippen LogP contribution in [0.15, 0.2) is 24.3 Å². The molecule has 22 heavy (non-hydrogen) atoms. The Labute approximate surface area is 128 Å². The van der Waals surface area contributed by atoms with E-state index in [1.54, 1.807) is 4.52 Å². The Morgan fingerprint density at radius 1 is 1.32 bits per heavy atom. The van der Waals surface area contributed by atoms with Crippen LogP contribution in [0.2, 0.25) is 0 Å². The first-order valence-electron chi connectivity index (χ1n) is 6.34. The highest BCUT2D eigenvalue weighted by molar-refractivity contribution is 7.17. The number of nitrogens with one attached hydrogen (secondary N) is 1. The maximum absolute atomic E-state index is 12.1. The molecule has 9 heteroatoms. The van der Waals surface area contributed by atoms with E-state index in [4.69, 9.17) is 0 Å². The van der Waals surface area contributed by atoms with Crippen molar-refractivity contribution < 1.29 is 9.72 Å². The van der Waals surface area contributed by atoms with Gasteiger partial charge >= 0.3 is 0 Å². The van der Waals surface area contributed by atoms with Crippen molar-refractivity contribution in [3.63, 3.8) is 0 Å². The van der Waals surface area contributed by atoms with Gasteiger partial charge < -0.3 is 0 Å². The quantitative estimate of drug-likeness (QED) is 0.591. The molecule has 112 valence electrons. The number of nitro benzene ring substituents is 1. The number of carbonyl (C=O) groups is 1. The minimum Gasteiger partial charge on any atom is -0.289 e. The van der Waals surface area contributed by atoms with Crippen LogP contribution in [0.3, 0.4) is 0 Å². The van der Waals surface area contributed by atoms with Crippen LogP contribution in [-0.4, -0.2) is 25.4 Å². The summed E-state index contributed by atoms with van der Waals surface area (Å²) in [5, 5.41) is 17.4. The molecule has 3 aromatic rings. The summed E-state index contributed by atoms with van der Waals surface area (Å²) in [6.45, 7) is 3.90. The smallest absolute Gasteiger partial charge is 0.269 e. The van der Waals surface area contributed by atoms with Crippen LogP contribution in [0.1, 0.15) is 20.9 Å². The summed E-state index contributed by atoms with van der Waals surface area (Å²) in [5.74, 6) is -0.208. The van der Waals surface area contributed by atoms with Crippen molar-refractivity contribution in [2.75, 3.05) is 5.32 Å². The molecule has 1 amide bonds. The molecule has 0 radical (unpaired) electrons. The lowest BCUT2D eigenvalue weighted by Crippen LogP contribution is -2.13. The summed E-state index contributed by atoms with van der Waals surface area (Å²) in [5.41, 5.74) is 1.21. The zero-order valence-corrected chi connectivity index (χ0v) is 12.5. The molecule has 8 nitrogen and oxygen atoms in total. The maximum atomic E-state index is 12.1. The molecule has 2 aromatic heterocycles. The van der Waals surface area contributed by atoms with Crippen LogP contribution >= 0.6 is 11.3 Å². The van der Waals surface area contributed by atoms with E-state index in [9.17, 15) is 14.9 Å². The van der Waals surface area contributed by atoms with Crippen LogP contribution < -0.4 is 5.32 Å². The van der Waals surface area contributed by atoms with Crippen molar-refractivity contribution in [1.82, 2.24) is 14.6 Å². The van der Waals surface area contributed by atoms with E-state index in [0.717, 1.165) is 10.6 Å². The van der Waals surface area contributed by atoms with E-state index in [1.807, 2.05) is 13.8 Å². The molecule has 0 aliphatic carbocycles. The summed E-state index contributed by atoms with van der Waals surface area (Å²) in [7, 11) is 0. The molecule has 2 heterocycles. The first-order chi connectivity index (χ1) is 10.5. The van der Waals surface area contributed by atoms with Gasteiger partial charge in [0.2, 0.25) is 4.96 Å². The van der Waals surface area contributed by atoms with Crippen molar-refractivity contribution >= 4 is 33.8 Å². The molecule has 0 fully saturated rings.